The largest absolute Gasteiger partial charge is 0.381 e. The van der Waals surface area contributed by atoms with Crippen molar-refractivity contribution in [1.29, 1.82) is 0 Å². The molecule has 3 N–H and O–H groups in total. The van der Waals surface area contributed by atoms with Gasteiger partial charge in [0.05, 0.1) is 28.8 Å². The lowest BCUT2D eigenvalue weighted by Crippen LogP contribution is -2.25. The number of imidazole rings is 1. The topological polar surface area (TPSA) is 105 Å². The number of ether oxygens (including phenoxy) is 1. The fourth-order valence-corrected chi connectivity index (χ4v) is 5.28. The molecular weight excluding hydrogens is 485 g/mol. The number of aromatic nitrogens is 4. The molecule has 196 valence electrons. The number of anilines is 2. The zero-order valence-corrected chi connectivity index (χ0v) is 21.4. The van der Waals surface area contributed by atoms with Gasteiger partial charge >= 0.3 is 0 Å². The molecule has 1 fully saturated rings. The summed E-state index contributed by atoms with van der Waals surface area (Å²) >= 11 is 0. The quantitative estimate of drug-likeness (QED) is 0.315. The minimum absolute atomic E-state index is 0.150. The summed E-state index contributed by atoms with van der Waals surface area (Å²) < 4.78 is 20.9. The predicted octanol–water partition coefficient (Wildman–Crippen LogP) is 4.31. The monoisotopic (exact) mass is 515 g/mol. The molecule has 0 unspecified atom stereocenters. The van der Waals surface area contributed by atoms with E-state index in [1.807, 2.05) is 18.2 Å². The van der Waals surface area contributed by atoms with Crippen LogP contribution >= 0.6 is 0 Å². The van der Waals surface area contributed by atoms with Gasteiger partial charge in [-0.15, -0.1) is 0 Å². The van der Waals surface area contributed by atoms with E-state index >= 15 is 0 Å². The highest BCUT2D eigenvalue weighted by Crippen LogP contribution is 2.36. The molecule has 2 aliphatic rings. The highest BCUT2D eigenvalue weighted by atomic mass is 19.1. The third-order valence-electron chi connectivity index (χ3n) is 7.20. The van der Waals surface area contributed by atoms with Crippen LogP contribution in [0.2, 0.25) is 0 Å². The van der Waals surface area contributed by atoms with Crippen LogP contribution in [0, 0.1) is 5.95 Å². The number of pyridine rings is 1. The van der Waals surface area contributed by atoms with Crippen molar-refractivity contribution >= 4 is 23.2 Å². The first-order valence-electron chi connectivity index (χ1n) is 13.0. The van der Waals surface area contributed by atoms with Gasteiger partial charge in [-0.05, 0) is 42.0 Å². The van der Waals surface area contributed by atoms with Crippen molar-refractivity contribution in [3.8, 4) is 11.3 Å². The maximum absolute atomic E-state index is 13.6. The predicted molar refractivity (Wildman–Crippen MR) is 142 cm³/mol. The van der Waals surface area contributed by atoms with Crippen molar-refractivity contribution in [2.75, 3.05) is 18.5 Å². The fraction of sp³-hybridized carbons (Fsp3) is 0.357. The third-order valence-corrected chi connectivity index (χ3v) is 7.20. The zero-order valence-electron chi connectivity index (χ0n) is 21.4. The number of carbonyl (C=O) groups is 1. The summed E-state index contributed by atoms with van der Waals surface area (Å²) in [5.41, 5.74) is 5.96. The van der Waals surface area contributed by atoms with Gasteiger partial charge in [0.1, 0.15) is 5.82 Å². The average molecular weight is 516 g/mol. The van der Waals surface area contributed by atoms with E-state index in [1.165, 1.54) is 11.6 Å². The Labute approximate surface area is 219 Å². The first-order valence-corrected chi connectivity index (χ1v) is 13.0. The smallest absolute Gasteiger partial charge is 0.254 e. The minimum atomic E-state index is -0.588. The lowest BCUT2D eigenvalue weighted by atomic mass is 9.90. The summed E-state index contributed by atoms with van der Waals surface area (Å²) in [6.45, 7) is 6.84. The Bertz CT molecular complexity index is 1510. The number of nitrogens with one attached hydrogen (secondary N) is 3. The van der Waals surface area contributed by atoms with Crippen molar-refractivity contribution in [3.05, 3.63) is 71.1 Å². The van der Waals surface area contributed by atoms with E-state index in [9.17, 15) is 9.18 Å². The van der Waals surface area contributed by atoms with Crippen molar-refractivity contribution in [2.24, 2.45) is 0 Å². The van der Waals surface area contributed by atoms with E-state index in [0.29, 0.717) is 42.1 Å². The van der Waals surface area contributed by atoms with Crippen molar-refractivity contribution in [1.82, 2.24) is 30.0 Å². The van der Waals surface area contributed by atoms with Crippen LogP contribution in [0.3, 0.4) is 0 Å². The molecule has 0 atom stereocenters. The third kappa shape index (κ3) is 4.61. The fourth-order valence-electron chi connectivity index (χ4n) is 5.28. The second kappa shape index (κ2) is 10.1. The maximum Gasteiger partial charge on any atom is 0.254 e. The summed E-state index contributed by atoms with van der Waals surface area (Å²) in [4.78, 5) is 26.0. The molecule has 5 heterocycles. The van der Waals surface area contributed by atoms with E-state index in [2.05, 4.69) is 45.8 Å². The SMILES string of the molecule is CC(C)NCc1nc(Nc2ccc(-c3cnc4nc(F)ccn34)c3c2C(=O)NC3)ccc1C1CCOCC1. The Hall–Kier alpha value is -3.89. The summed E-state index contributed by atoms with van der Waals surface area (Å²) in [7, 11) is 0. The number of fused-ring (bicyclic) bond motifs is 2. The Morgan fingerprint density at radius 1 is 1.16 bits per heavy atom. The number of nitrogens with zero attached hydrogens (tertiary/aromatic N) is 4. The van der Waals surface area contributed by atoms with Crippen LogP contribution in [0.1, 0.15) is 59.8 Å². The normalized spacial score (nSPS) is 15.7. The van der Waals surface area contributed by atoms with Crippen molar-refractivity contribution in [2.45, 2.75) is 51.7 Å². The van der Waals surface area contributed by atoms with Crippen LogP contribution in [0.4, 0.5) is 15.9 Å². The number of rotatable bonds is 7. The summed E-state index contributed by atoms with van der Waals surface area (Å²) in [6, 6.07) is 9.60. The molecule has 2 aliphatic heterocycles. The first kappa shape index (κ1) is 24.4. The Kier molecular flexibility index (Phi) is 6.50. The molecule has 0 saturated carbocycles. The average Bonchev–Trinajstić information content (AvgIpc) is 3.52. The molecule has 1 saturated heterocycles. The molecule has 0 bridgehead atoms. The van der Waals surface area contributed by atoms with Gasteiger partial charge in [-0.3, -0.25) is 9.20 Å². The van der Waals surface area contributed by atoms with E-state index in [4.69, 9.17) is 9.72 Å². The second-order valence-corrected chi connectivity index (χ2v) is 10.0. The molecule has 0 aliphatic carbocycles. The second-order valence-electron chi connectivity index (χ2n) is 10.0. The van der Waals surface area contributed by atoms with Crippen LogP contribution in [0.25, 0.3) is 17.0 Å². The van der Waals surface area contributed by atoms with Gasteiger partial charge in [0.15, 0.2) is 0 Å². The highest BCUT2D eigenvalue weighted by molar-refractivity contribution is 6.06. The van der Waals surface area contributed by atoms with Gasteiger partial charge in [0, 0.05) is 50.2 Å². The van der Waals surface area contributed by atoms with Crippen LogP contribution < -0.4 is 16.0 Å². The molecule has 0 spiro atoms. The number of hydrogen-bond donors (Lipinski definition) is 3. The van der Waals surface area contributed by atoms with Gasteiger partial charge in [-0.2, -0.15) is 9.37 Å². The lowest BCUT2D eigenvalue weighted by molar-refractivity contribution is 0.0850. The first-order chi connectivity index (χ1) is 18.5. The molecule has 1 aromatic carbocycles. The van der Waals surface area contributed by atoms with E-state index in [1.54, 1.807) is 16.8 Å². The van der Waals surface area contributed by atoms with E-state index in [0.717, 1.165) is 48.6 Å². The summed E-state index contributed by atoms with van der Waals surface area (Å²) in [5.74, 6) is 0.643. The Morgan fingerprint density at radius 2 is 2.00 bits per heavy atom. The van der Waals surface area contributed by atoms with Gasteiger partial charge in [0.25, 0.3) is 5.91 Å². The molecular formula is C28H30FN7O2. The van der Waals surface area contributed by atoms with Crippen LogP contribution in [0.15, 0.2) is 42.7 Å². The molecule has 10 heteroatoms. The van der Waals surface area contributed by atoms with Gasteiger partial charge in [-0.25, -0.2) is 9.97 Å². The Balaban J connectivity index is 1.35. The standard InChI is InChI=1S/C28H30FN7O2/c1-16(2)30-14-22-18(17-8-11-38-12-9-17)4-6-25(34-22)33-21-5-3-19(20-13-31-27(37)26(20)21)23-15-32-28-35-24(29)7-10-36(23)28/h3-7,10,15-17,30H,8-9,11-14H2,1-2H3,(H,31,37)(H,33,34). The van der Waals surface area contributed by atoms with Gasteiger partial charge in [0.2, 0.25) is 11.7 Å². The highest BCUT2D eigenvalue weighted by Gasteiger charge is 2.28. The number of benzene rings is 1. The van der Waals surface area contributed by atoms with Crippen LogP contribution in [-0.2, 0) is 17.8 Å². The minimum Gasteiger partial charge on any atom is -0.381 e. The van der Waals surface area contributed by atoms with Crippen LogP contribution in [0.5, 0.6) is 0 Å². The Morgan fingerprint density at radius 3 is 2.82 bits per heavy atom. The van der Waals surface area contributed by atoms with Crippen molar-refractivity contribution < 1.29 is 13.9 Å². The molecule has 3 aromatic heterocycles. The molecule has 9 nitrogen and oxygen atoms in total. The van der Waals surface area contributed by atoms with Gasteiger partial charge in [-0.1, -0.05) is 26.0 Å². The summed E-state index contributed by atoms with van der Waals surface area (Å²) in [5, 5.41) is 9.84. The van der Waals surface area contributed by atoms with E-state index in [-0.39, 0.29) is 11.7 Å². The number of carbonyl (C=O) groups excluding carboxylic acids is 1. The molecule has 6 rings (SSSR count). The molecule has 4 aromatic rings. The number of halogens is 1. The number of hydrogen-bond acceptors (Lipinski definition) is 7. The van der Waals surface area contributed by atoms with Crippen molar-refractivity contribution in [3.63, 3.8) is 0 Å². The molecule has 0 radical (unpaired) electrons. The lowest BCUT2D eigenvalue weighted by Gasteiger charge is -2.25. The van der Waals surface area contributed by atoms with Crippen LogP contribution in [-0.4, -0.2) is 44.5 Å². The summed E-state index contributed by atoms with van der Waals surface area (Å²) in [6.07, 6.45) is 5.23. The number of amides is 1. The molecule has 1 amide bonds. The molecule has 38 heavy (non-hydrogen) atoms. The van der Waals surface area contributed by atoms with Gasteiger partial charge < -0.3 is 20.7 Å². The zero-order chi connectivity index (χ0) is 26.2. The maximum atomic E-state index is 13.6. The van der Waals surface area contributed by atoms with E-state index < -0.39 is 5.95 Å².